The Hall–Kier alpha value is -0.120. The van der Waals surface area contributed by atoms with E-state index in [-0.39, 0.29) is 0 Å². The Morgan fingerprint density at radius 3 is 2.61 bits per heavy atom. The predicted molar refractivity (Wildman–Crippen MR) is 75.9 cm³/mol. The molecule has 1 N–H and O–H groups in total. The normalized spacial score (nSPS) is 23.5. The third-order valence-corrected chi connectivity index (χ3v) is 4.69. The minimum absolute atomic E-state index is 0.552. The molecule has 1 aliphatic heterocycles. The van der Waals surface area contributed by atoms with Crippen LogP contribution in [0.3, 0.4) is 0 Å². The second-order valence-corrected chi connectivity index (χ2v) is 6.36. The lowest BCUT2D eigenvalue weighted by Crippen LogP contribution is -2.44. The maximum Gasteiger partial charge on any atom is 0.0593 e. The molecular formula is C15H30N2O. The van der Waals surface area contributed by atoms with Gasteiger partial charge in [0.2, 0.25) is 0 Å². The van der Waals surface area contributed by atoms with Crippen molar-refractivity contribution in [2.75, 3.05) is 46.4 Å². The van der Waals surface area contributed by atoms with E-state index in [9.17, 15) is 0 Å². The van der Waals surface area contributed by atoms with Gasteiger partial charge < -0.3 is 15.0 Å². The first kappa shape index (κ1) is 14.3. The first-order valence-electron chi connectivity index (χ1n) is 7.71. The van der Waals surface area contributed by atoms with E-state index in [1.807, 2.05) is 0 Å². The summed E-state index contributed by atoms with van der Waals surface area (Å²) in [5, 5.41) is 3.48. The van der Waals surface area contributed by atoms with E-state index >= 15 is 0 Å². The maximum absolute atomic E-state index is 5.73. The summed E-state index contributed by atoms with van der Waals surface area (Å²) in [7, 11) is 2.25. The number of ether oxygens (including phenoxy) is 1. The topological polar surface area (TPSA) is 24.5 Å². The second-order valence-electron chi connectivity index (χ2n) is 6.36. The Kier molecular flexibility index (Phi) is 5.46. The van der Waals surface area contributed by atoms with Crippen LogP contribution in [-0.4, -0.2) is 51.3 Å². The Bertz CT molecular complexity index is 235. The maximum atomic E-state index is 5.73. The van der Waals surface area contributed by atoms with Gasteiger partial charge in [-0.15, -0.1) is 0 Å². The Morgan fingerprint density at radius 2 is 2.00 bits per heavy atom. The van der Waals surface area contributed by atoms with Crippen LogP contribution < -0.4 is 5.32 Å². The lowest BCUT2D eigenvalue weighted by molar-refractivity contribution is 0.0742. The molecule has 0 atom stereocenters. The summed E-state index contributed by atoms with van der Waals surface area (Å²) in [6, 6.07) is 0. The van der Waals surface area contributed by atoms with Crippen LogP contribution in [0.2, 0.25) is 0 Å². The molecule has 3 nitrogen and oxygen atoms in total. The molecule has 1 saturated heterocycles. The van der Waals surface area contributed by atoms with Gasteiger partial charge >= 0.3 is 0 Å². The molecule has 3 heteroatoms. The van der Waals surface area contributed by atoms with Gasteiger partial charge in [0.1, 0.15) is 0 Å². The SMILES string of the molecule is CCC1(CN(C)CCOCC2CC2)CCNCC1. The third-order valence-electron chi connectivity index (χ3n) is 4.69. The number of piperidine rings is 1. The van der Waals surface area contributed by atoms with Crippen molar-refractivity contribution in [2.24, 2.45) is 11.3 Å². The van der Waals surface area contributed by atoms with Crippen molar-refractivity contribution >= 4 is 0 Å². The fourth-order valence-electron chi connectivity index (χ4n) is 2.99. The van der Waals surface area contributed by atoms with E-state index in [0.29, 0.717) is 5.41 Å². The van der Waals surface area contributed by atoms with Crippen molar-refractivity contribution in [3.05, 3.63) is 0 Å². The highest BCUT2D eigenvalue weighted by molar-refractivity contribution is 4.85. The average Bonchev–Trinajstić information content (AvgIpc) is 3.20. The summed E-state index contributed by atoms with van der Waals surface area (Å²) in [4.78, 5) is 2.47. The van der Waals surface area contributed by atoms with Crippen LogP contribution in [0.15, 0.2) is 0 Å². The van der Waals surface area contributed by atoms with E-state index in [1.54, 1.807) is 0 Å². The molecule has 2 rings (SSSR count). The second kappa shape index (κ2) is 6.88. The molecule has 1 saturated carbocycles. The minimum Gasteiger partial charge on any atom is -0.380 e. The Morgan fingerprint density at radius 1 is 1.28 bits per heavy atom. The third kappa shape index (κ3) is 4.52. The molecule has 1 aliphatic carbocycles. The first-order valence-corrected chi connectivity index (χ1v) is 7.71. The largest absolute Gasteiger partial charge is 0.380 e. The number of nitrogens with one attached hydrogen (secondary N) is 1. The fraction of sp³-hybridized carbons (Fsp3) is 1.00. The molecule has 18 heavy (non-hydrogen) atoms. The summed E-state index contributed by atoms with van der Waals surface area (Å²) in [5.41, 5.74) is 0.552. The van der Waals surface area contributed by atoms with Crippen LogP contribution >= 0.6 is 0 Å². The van der Waals surface area contributed by atoms with Crippen molar-refractivity contribution in [1.29, 1.82) is 0 Å². The lowest BCUT2D eigenvalue weighted by Gasteiger charge is -2.40. The van der Waals surface area contributed by atoms with Crippen molar-refractivity contribution in [3.8, 4) is 0 Å². The molecule has 106 valence electrons. The molecule has 0 spiro atoms. The van der Waals surface area contributed by atoms with Crippen LogP contribution in [0.1, 0.15) is 39.0 Å². The van der Waals surface area contributed by atoms with Gasteiger partial charge in [-0.3, -0.25) is 0 Å². The van der Waals surface area contributed by atoms with Crippen LogP contribution in [0.4, 0.5) is 0 Å². The molecule has 0 aromatic heterocycles. The van der Waals surface area contributed by atoms with Gasteiger partial charge in [-0.25, -0.2) is 0 Å². The number of hydrogen-bond acceptors (Lipinski definition) is 3. The molecule has 0 aromatic carbocycles. The van der Waals surface area contributed by atoms with Gasteiger partial charge in [0.25, 0.3) is 0 Å². The van der Waals surface area contributed by atoms with Gasteiger partial charge in [0, 0.05) is 19.7 Å². The molecule has 0 unspecified atom stereocenters. The first-order chi connectivity index (χ1) is 8.74. The number of nitrogens with zero attached hydrogens (tertiary/aromatic N) is 1. The van der Waals surface area contributed by atoms with Crippen LogP contribution in [0, 0.1) is 11.3 Å². The predicted octanol–water partition coefficient (Wildman–Crippen LogP) is 2.12. The van der Waals surface area contributed by atoms with Gasteiger partial charge in [-0.1, -0.05) is 6.92 Å². The van der Waals surface area contributed by atoms with Crippen LogP contribution in [0.25, 0.3) is 0 Å². The monoisotopic (exact) mass is 254 g/mol. The van der Waals surface area contributed by atoms with Crippen molar-refractivity contribution in [3.63, 3.8) is 0 Å². The van der Waals surface area contributed by atoms with E-state index in [2.05, 4.69) is 24.2 Å². The summed E-state index contributed by atoms with van der Waals surface area (Å²) in [5.74, 6) is 0.890. The van der Waals surface area contributed by atoms with Gasteiger partial charge in [-0.05, 0) is 63.6 Å². The zero-order valence-electron chi connectivity index (χ0n) is 12.2. The van der Waals surface area contributed by atoms with Crippen molar-refractivity contribution in [1.82, 2.24) is 10.2 Å². The molecular weight excluding hydrogens is 224 g/mol. The van der Waals surface area contributed by atoms with E-state index in [4.69, 9.17) is 4.74 Å². The van der Waals surface area contributed by atoms with Crippen molar-refractivity contribution < 1.29 is 4.74 Å². The zero-order chi connectivity index (χ0) is 12.8. The number of hydrogen-bond donors (Lipinski definition) is 1. The van der Waals surface area contributed by atoms with Gasteiger partial charge in [0.15, 0.2) is 0 Å². The highest BCUT2D eigenvalue weighted by Crippen LogP contribution is 2.33. The number of rotatable bonds is 8. The highest BCUT2D eigenvalue weighted by Gasteiger charge is 2.31. The molecule has 0 bridgehead atoms. The summed E-state index contributed by atoms with van der Waals surface area (Å²) < 4.78 is 5.73. The standard InChI is InChI=1S/C15H30N2O/c1-3-15(6-8-16-9-7-15)13-17(2)10-11-18-12-14-4-5-14/h14,16H,3-13H2,1-2H3. The lowest BCUT2D eigenvalue weighted by atomic mass is 9.76. The van der Waals surface area contributed by atoms with E-state index in [0.717, 1.165) is 25.7 Å². The average molecular weight is 254 g/mol. The molecule has 0 radical (unpaired) electrons. The molecule has 2 aliphatic rings. The molecule has 0 aromatic rings. The number of likely N-dealkylation sites (N-methyl/N-ethyl adjacent to an activating group) is 1. The van der Waals surface area contributed by atoms with Crippen molar-refractivity contribution in [2.45, 2.75) is 39.0 Å². The smallest absolute Gasteiger partial charge is 0.0593 e. The molecule has 1 heterocycles. The summed E-state index contributed by atoms with van der Waals surface area (Å²) >= 11 is 0. The van der Waals surface area contributed by atoms with E-state index < -0.39 is 0 Å². The summed E-state index contributed by atoms with van der Waals surface area (Å²) in [6.07, 6.45) is 6.75. The molecule has 0 amide bonds. The zero-order valence-corrected chi connectivity index (χ0v) is 12.2. The quantitative estimate of drug-likeness (QED) is 0.672. The fourth-order valence-corrected chi connectivity index (χ4v) is 2.99. The van der Waals surface area contributed by atoms with Gasteiger partial charge in [0.05, 0.1) is 6.61 Å². The summed E-state index contributed by atoms with van der Waals surface area (Å²) in [6.45, 7) is 8.96. The Labute approximate surface area is 112 Å². The molecule has 2 fully saturated rings. The minimum atomic E-state index is 0.552. The van der Waals surface area contributed by atoms with E-state index in [1.165, 1.54) is 51.7 Å². The Balaban J connectivity index is 1.62. The van der Waals surface area contributed by atoms with Crippen LogP contribution in [-0.2, 0) is 4.74 Å². The highest BCUT2D eigenvalue weighted by atomic mass is 16.5. The van der Waals surface area contributed by atoms with Gasteiger partial charge in [-0.2, -0.15) is 0 Å². The van der Waals surface area contributed by atoms with Crippen LogP contribution in [0.5, 0.6) is 0 Å².